The molecule has 1 N–H and O–H groups in total. The maximum Gasteiger partial charge on any atom is 0.336 e. The monoisotopic (exact) mass is 213 g/mol. The fourth-order valence-electron chi connectivity index (χ4n) is 1.23. The van der Waals surface area contributed by atoms with E-state index in [1.54, 1.807) is 12.1 Å². The van der Waals surface area contributed by atoms with Gasteiger partial charge in [-0.1, -0.05) is 17.7 Å². The predicted octanol–water partition coefficient (Wildman–Crippen LogP) is 2.10. The summed E-state index contributed by atoms with van der Waals surface area (Å²) < 4.78 is 0. The molecule has 1 aromatic rings. The number of carbonyl (C=O) groups is 1. The Morgan fingerprint density at radius 2 is 2.14 bits per heavy atom. The third kappa shape index (κ3) is 2.72. The van der Waals surface area contributed by atoms with Gasteiger partial charge in [-0.2, -0.15) is 0 Å². The zero-order chi connectivity index (χ0) is 10.7. The fraction of sp³-hybridized carbons (Fsp3) is 0.300. The lowest BCUT2D eigenvalue weighted by Gasteiger charge is -2.12. The van der Waals surface area contributed by atoms with Gasteiger partial charge in [0, 0.05) is 11.6 Å². The topological polar surface area (TPSA) is 40.5 Å². The molecule has 0 fully saturated rings. The van der Waals surface area contributed by atoms with E-state index in [1.165, 1.54) is 6.07 Å². The Kier molecular flexibility index (Phi) is 3.49. The number of carboxylic acids is 1. The van der Waals surface area contributed by atoms with E-state index in [-0.39, 0.29) is 5.56 Å². The first kappa shape index (κ1) is 11.0. The molecule has 0 aliphatic heterocycles. The molecule has 0 atom stereocenters. The molecule has 0 heterocycles. The highest BCUT2D eigenvalue weighted by molar-refractivity contribution is 6.30. The van der Waals surface area contributed by atoms with E-state index in [1.807, 2.05) is 19.0 Å². The summed E-state index contributed by atoms with van der Waals surface area (Å²) >= 11 is 5.72. The van der Waals surface area contributed by atoms with Crippen LogP contribution in [0.2, 0.25) is 5.02 Å². The number of rotatable bonds is 3. The zero-order valence-corrected chi connectivity index (χ0v) is 8.88. The zero-order valence-electron chi connectivity index (χ0n) is 8.12. The number of hydrogen-bond acceptors (Lipinski definition) is 2. The van der Waals surface area contributed by atoms with Gasteiger partial charge in [-0.3, -0.25) is 0 Å². The molecule has 0 saturated carbocycles. The van der Waals surface area contributed by atoms with Crippen LogP contribution in [0.4, 0.5) is 0 Å². The van der Waals surface area contributed by atoms with E-state index in [0.29, 0.717) is 11.6 Å². The van der Waals surface area contributed by atoms with E-state index < -0.39 is 5.97 Å². The summed E-state index contributed by atoms with van der Waals surface area (Å²) in [5.41, 5.74) is 1.04. The third-order valence-electron chi connectivity index (χ3n) is 1.79. The van der Waals surface area contributed by atoms with Crippen LogP contribution in [0, 0.1) is 0 Å². The van der Waals surface area contributed by atoms with Gasteiger partial charge in [-0.15, -0.1) is 0 Å². The molecule has 0 aliphatic rings. The molecular formula is C10H12ClNO2. The molecule has 0 aliphatic carbocycles. The van der Waals surface area contributed by atoms with E-state index in [0.717, 1.165) is 5.56 Å². The van der Waals surface area contributed by atoms with E-state index >= 15 is 0 Å². The van der Waals surface area contributed by atoms with E-state index in [9.17, 15) is 4.79 Å². The Bertz CT molecular complexity index is 350. The molecule has 1 aromatic carbocycles. The van der Waals surface area contributed by atoms with Crippen molar-refractivity contribution in [2.45, 2.75) is 6.54 Å². The van der Waals surface area contributed by atoms with Crippen molar-refractivity contribution in [2.24, 2.45) is 0 Å². The maximum absolute atomic E-state index is 10.9. The fourth-order valence-corrected chi connectivity index (χ4v) is 1.40. The molecule has 0 amide bonds. The summed E-state index contributed by atoms with van der Waals surface area (Å²) in [6.07, 6.45) is 0. The highest BCUT2D eigenvalue weighted by Crippen LogP contribution is 2.17. The number of benzene rings is 1. The van der Waals surface area contributed by atoms with Crippen molar-refractivity contribution in [1.29, 1.82) is 0 Å². The van der Waals surface area contributed by atoms with Crippen molar-refractivity contribution in [2.75, 3.05) is 14.1 Å². The van der Waals surface area contributed by atoms with Crippen LogP contribution in [0.15, 0.2) is 18.2 Å². The Morgan fingerprint density at radius 1 is 1.50 bits per heavy atom. The van der Waals surface area contributed by atoms with Crippen molar-refractivity contribution >= 4 is 17.6 Å². The van der Waals surface area contributed by atoms with Crippen LogP contribution in [0.3, 0.4) is 0 Å². The van der Waals surface area contributed by atoms with E-state index in [4.69, 9.17) is 16.7 Å². The van der Waals surface area contributed by atoms with Gasteiger partial charge in [0.1, 0.15) is 0 Å². The number of hydrogen-bond donors (Lipinski definition) is 1. The summed E-state index contributed by atoms with van der Waals surface area (Å²) in [6.45, 7) is 0.596. The second-order valence-electron chi connectivity index (χ2n) is 3.34. The van der Waals surface area contributed by atoms with Crippen LogP contribution in [-0.2, 0) is 6.54 Å². The molecule has 0 aromatic heterocycles. The van der Waals surface area contributed by atoms with Crippen LogP contribution in [-0.4, -0.2) is 30.1 Å². The molecule has 14 heavy (non-hydrogen) atoms. The van der Waals surface area contributed by atoms with Gasteiger partial charge in [0.25, 0.3) is 0 Å². The largest absolute Gasteiger partial charge is 0.478 e. The van der Waals surface area contributed by atoms with Gasteiger partial charge in [0.15, 0.2) is 0 Å². The highest BCUT2D eigenvalue weighted by atomic mass is 35.5. The van der Waals surface area contributed by atoms with Crippen LogP contribution in [0.5, 0.6) is 0 Å². The molecule has 0 bridgehead atoms. The van der Waals surface area contributed by atoms with Crippen LogP contribution in [0.25, 0.3) is 0 Å². The molecule has 0 radical (unpaired) electrons. The second-order valence-corrected chi connectivity index (χ2v) is 3.78. The van der Waals surface area contributed by atoms with Gasteiger partial charge in [0.2, 0.25) is 0 Å². The van der Waals surface area contributed by atoms with Crippen LogP contribution < -0.4 is 0 Å². The van der Waals surface area contributed by atoms with Crippen LogP contribution in [0.1, 0.15) is 15.9 Å². The normalized spacial score (nSPS) is 10.6. The average Bonchev–Trinajstić information content (AvgIpc) is 2.07. The minimum atomic E-state index is -0.940. The standard InChI is InChI=1S/C10H12ClNO2/c1-12(2)6-7-3-4-8(11)5-9(7)10(13)14/h3-5H,6H2,1-2H3,(H,13,14). The summed E-state index contributed by atoms with van der Waals surface area (Å²) in [7, 11) is 3.78. The third-order valence-corrected chi connectivity index (χ3v) is 2.02. The molecule has 0 spiro atoms. The Morgan fingerprint density at radius 3 is 2.64 bits per heavy atom. The molecular weight excluding hydrogens is 202 g/mol. The SMILES string of the molecule is CN(C)Cc1ccc(Cl)cc1C(=O)O. The first-order valence-corrected chi connectivity index (χ1v) is 4.55. The first-order chi connectivity index (χ1) is 6.50. The van der Waals surface area contributed by atoms with Crippen molar-refractivity contribution in [1.82, 2.24) is 4.90 Å². The average molecular weight is 214 g/mol. The van der Waals surface area contributed by atoms with E-state index in [2.05, 4.69) is 0 Å². The molecule has 0 saturated heterocycles. The molecule has 76 valence electrons. The quantitative estimate of drug-likeness (QED) is 0.836. The van der Waals surface area contributed by atoms with Gasteiger partial charge in [0.05, 0.1) is 5.56 Å². The molecule has 1 rings (SSSR count). The van der Waals surface area contributed by atoms with Crippen molar-refractivity contribution < 1.29 is 9.90 Å². The number of aromatic carboxylic acids is 1. The van der Waals surface area contributed by atoms with Crippen molar-refractivity contribution in [3.05, 3.63) is 34.3 Å². The smallest absolute Gasteiger partial charge is 0.336 e. The Balaban J connectivity index is 3.08. The Hall–Kier alpha value is -1.06. The van der Waals surface area contributed by atoms with Gasteiger partial charge < -0.3 is 10.0 Å². The second kappa shape index (κ2) is 4.44. The lowest BCUT2D eigenvalue weighted by Crippen LogP contribution is -2.14. The van der Waals surface area contributed by atoms with Crippen molar-refractivity contribution in [3.63, 3.8) is 0 Å². The summed E-state index contributed by atoms with van der Waals surface area (Å²) in [6, 6.07) is 4.92. The predicted molar refractivity (Wildman–Crippen MR) is 55.8 cm³/mol. The van der Waals surface area contributed by atoms with Gasteiger partial charge in [-0.25, -0.2) is 4.79 Å². The lowest BCUT2D eigenvalue weighted by molar-refractivity contribution is 0.0695. The van der Waals surface area contributed by atoms with Gasteiger partial charge >= 0.3 is 5.97 Å². The number of nitrogens with zero attached hydrogens (tertiary/aromatic N) is 1. The van der Waals surface area contributed by atoms with Crippen molar-refractivity contribution in [3.8, 4) is 0 Å². The lowest BCUT2D eigenvalue weighted by atomic mass is 10.1. The number of halogens is 1. The first-order valence-electron chi connectivity index (χ1n) is 4.17. The highest BCUT2D eigenvalue weighted by Gasteiger charge is 2.10. The minimum absolute atomic E-state index is 0.270. The Labute approximate surface area is 87.9 Å². The van der Waals surface area contributed by atoms with Crippen LogP contribution >= 0.6 is 11.6 Å². The molecule has 4 heteroatoms. The summed E-state index contributed by atoms with van der Waals surface area (Å²) in [5.74, 6) is -0.940. The molecule has 0 unspecified atom stereocenters. The summed E-state index contributed by atoms with van der Waals surface area (Å²) in [5, 5.41) is 9.37. The summed E-state index contributed by atoms with van der Waals surface area (Å²) in [4.78, 5) is 12.8. The minimum Gasteiger partial charge on any atom is -0.478 e. The van der Waals surface area contributed by atoms with Gasteiger partial charge in [-0.05, 0) is 31.8 Å². The maximum atomic E-state index is 10.9. The number of carboxylic acid groups (broad SMARTS) is 1. The molecule has 3 nitrogen and oxygen atoms in total.